The normalized spacial score (nSPS) is 22.6. The molecule has 2 aromatic carbocycles. The van der Waals surface area contributed by atoms with Crippen LogP contribution in [0.4, 0.5) is 5.69 Å². The summed E-state index contributed by atoms with van der Waals surface area (Å²) in [6, 6.07) is 18.9. The van der Waals surface area contributed by atoms with Crippen molar-refractivity contribution in [1.82, 2.24) is 14.9 Å². The minimum absolute atomic E-state index is 0.0585. The second-order valence-electron chi connectivity index (χ2n) is 8.92. The Balaban J connectivity index is 1.17. The van der Waals surface area contributed by atoms with Crippen molar-refractivity contribution in [2.75, 3.05) is 5.32 Å². The number of aromatic nitrogens is 2. The zero-order valence-electron chi connectivity index (χ0n) is 18.4. The van der Waals surface area contributed by atoms with E-state index in [0.29, 0.717) is 30.4 Å². The molecular formula is C26H28N4O3. The highest BCUT2D eigenvalue weighted by Gasteiger charge is 2.31. The lowest BCUT2D eigenvalue weighted by Crippen LogP contribution is -2.35. The van der Waals surface area contributed by atoms with E-state index in [1.54, 1.807) is 0 Å². The molecule has 1 fully saturated rings. The van der Waals surface area contributed by atoms with Crippen LogP contribution in [0.5, 0.6) is 0 Å². The molecule has 1 aromatic heterocycles. The monoisotopic (exact) mass is 444 g/mol. The van der Waals surface area contributed by atoms with Crippen LogP contribution in [-0.2, 0) is 17.6 Å². The van der Waals surface area contributed by atoms with Crippen LogP contribution in [0.2, 0.25) is 0 Å². The number of anilines is 1. The van der Waals surface area contributed by atoms with Gasteiger partial charge in [0.2, 0.25) is 5.91 Å². The molecule has 3 aromatic rings. The van der Waals surface area contributed by atoms with Crippen LogP contribution in [0.25, 0.3) is 0 Å². The van der Waals surface area contributed by atoms with Gasteiger partial charge in [-0.1, -0.05) is 42.5 Å². The molecule has 5 rings (SSSR count). The molecule has 0 bridgehead atoms. The van der Waals surface area contributed by atoms with E-state index in [0.717, 1.165) is 24.8 Å². The highest BCUT2D eigenvalue weighted by atomic mass is 16.3. The molecule has 7 nitrogen and oxygen atoms in total. The molecule has 0 unspecified atom stereocenters. The van der Waals surface area contributed by atoms with Gasteiger partial charge in [-0.2, -0.15) is 0 Å². The van der Waals surface area contributed by atoms with E-state index >= 15 is 0 Å². The molecule has 4 atom stereocenters. The Kier molecular flexibility index (Phi) is 6.07. The number of nitrogens with zero attached hydrogens (tertiary/aromatic N) is 2. The molecule has 7 heteroatoms. The van der Waals surface area contributed by atoms with E-state index < -0.39 is 12.1 Å². The molecule has 2 aliphatic rings. The number of carbonyl (C=O) groups excluding carboxylic acids is 1. The molecule has 0 radical (unpaired) electrons. The lowest BCUT2D eigenvalue weighted by Gasteiger charge is -2.20. The van der Waals surface area contributed by atoms with Gasteiger partial charge in [0.25, 0.3) is 5.56 Å². The van der Waals surface area contributed by atoms with Gasteiger partial charge in [0.15, 0.2) is 0 Å². The van der Waals surface area contributed by atoms with Gasteiger partial charge in [0, 0.05) is 36.5 Å². The Bertz CT molecular complexity index is 1180. The third-order valence-electron chi connectivity index (χ3n) is 6.71. The van der Waals surface area contributed by atoms with Gasteiger partial charge in [0.05, 0.1) is 6.10 Å². The van der Waals surface area contributed by atoms with Crippen LogP contribution in [-0.4, -0.2) is 32.6 Å². The average molecular weight is 445 g/mol. The van der Waals surface area contributed by atoms with Crippen molar-refractivity contribution in [3.8, 4) is 0 Å². The van der Waals surface area contributed by atoms with Crippen molar-refractivity contribution in [3.05, 3.63) is 94.2 Å². The number of aliphatic hydroxyl groups excluding tert-OH is 1. The number of hydrogen-bond acceptors (Lipinski definition) is 5. The quantitative estimate of drug-likeness (QED) is 0.543. The second-order valence-corrected chi connectivity index (χ2v) is 8.92. The summed E-state index contributed by atoms with van der Waals surface area (Å²) in [6.45, 7) is 0. The number of carbonyl (C=O) groups is 1. The maximum Gasteiger partial charge on any atom is 0.254 e. The summed E-state index contributed by atoms with van der Waals surface area (Å²) in [6.07, 6.45) is 5.02. The van der Waals surface area contributed by atoms with Crippen LogP contribution in [0.1, 0.15) is 48.4 Å². The van der Waals surface area contributed by atoms with Gasteiger partial charge in [-0.15, -0.1) is 0 Å². The van der Waals surface area contributed by atoms with Gasteiger partial charge in [0.1, 0.15) is 11.9 Å². The molecule has 1 amide bonds. The molecule has 0 spiro atoms. The lowest BCUT2D eigenvalue weighted by atomic mass is 10.0. The zero-order chi connectivity index (χ0) is 22.8. The van der Waals surface area contributed by atoms with Gasteiger partial charge in [-0.25, -0.2) is 4.98 Å². The first-order valence-corrected chi connectivity index (χ1v) is 11.5. The first kappa shape index (κ1) is 21.6. The fourth-order valence-electron chi connectivity index (χ4n) is 5.00. The Labute approximate surface area is 192 Å². The maximum atomic E-state index is 12.8. The van der Waals surface area contributed by atoms with Crippen LogP contribution < -0.4 is 16.2 Å². The fraction of sp³-hybridized carbons (Fsp3) is 0.346. The SMILES string of the molecule is O=C(Nc1ccc(C[C@H]2CC[C@H]([C@@H](O)c3ccccc3)N2)cc1)[C@H]1CCc2nccc(=O)n21. The second kappa shape index (κ2) is 9.29. The third kappa shape index (κ3) is 4.60. The Morgan fingerprint density at radius 1 is 1.09 bits per heavy atom. The molecule has 1 saturated heterocycles. The molecule has 3 heterocycles. The molecule has 3 N–H and O–H groups in total. The summed E-state index contributed by atoms with van der Waals surface area (Å²) in [7, 11) is 0. The number of hydrogen-bond donors (Lipinski definition) is 3. The summed E-state index contributed by atoms with van der Waals surface area (Å²) < 4.78 is 1.50. The predicted octanol–water partition coefficient (Wildman–Crippen LogP) is 2.77. The Hall–Kier alpha value is -3.29. The van der Waals surface area contributed by atoms with E-state index in [1.165, 1.54) is 22.4 Å². The van der Waals surface area contributed by atoms with Crippen molar-refractivity contribution in [3.63, 3.8) is 0 Å². The van der Waals surface area contributed by atoms with E-state index in [9.17, 15) is 14.7 Å². The van der Waals surface area contributed by atoms with Gasteiger partial charge >= 0.3 is 0 Å². The van der Waals surface area contributed by atoms with Crippen molar-refractivity contribution < 1.29 is 9.90 Å². The number of nitrogens with one attached hydrogen (secondary N) is 2. The minimum atomic E-state index is -0.517. The number of aliphatic hydroxyl groups is 1. The highest BCUT2D eigenvalue weighted by molar-refractivity contribution is 5.94. The largest absolute Gasteiger partial charge is 0.387 e. The van der Waals surface area contributed by atoms with E-state index in [2.05, 4.69) is 15.6 Å². The predicted molar refractivity (Wildman–Crippen MR) is 126 cm³/mol. The van der Waals surface area contributed by atoms with Crippen molar-refractivity contribution in [2.24, 2.45) is 0 Å². The topological polar surface area (TPSA) is 96.2 Å². The van der Waals surface area contributed by atoms with Gasteiger partial charge < -0.3 is 15.7 Å². The molecule has 2 aliphatic heterocycles. The molecule has 170 valence electrons. The van der Waals surface area contributed by atoms with Crippen molar-refractivity contribution in [1.29, 1.82) is 0 Å². The molecule has 33 heavy (non-hydrogen) atoms. The lowest BCUT2D eigenvalue weighted by molar-refractivity contribution is -0.119. The summed E-state index contributed by atoms with van der Waals surface area (Å²) >= 11 is 0. The van der Waals surface area contributed by atoms with Crippen LogP contribution in [0.15, 0.2) is 71.7 Å². The zero-order valence-corrected chi connectivity index (χ0v) is 18.4. The number of amides is 1. The molecular weight excluding hydrogens is 416 g/mol. The Morgan fingerprint density at radius 2 is 1.88 bits per heavy atom. The summed E-state index contributed by atoms with van der Waals surface area (Å²) in [5, 5.41) is 17.2. The summed E-state index contributed by atoms with van der Waals surface area (Å²) in [5.41, 5.74) is 2.64. The number of rotatable bonds is 6. The van der Waals surface area contributed by atoms with E-state index in [-0.39, 0.29) is 17.5 Å². The minimum Gasteiger partial charge on any atom is -0.387 e. The van der Waals surface area contributed by atoms with E-state index in [4.69, 9.17) is 0 Å². The first-order chi connectivity index (χ1) is 16.1. The smallest absolute Gasteiger partial charge is 0.254 e. The van der Waals surface area contributed by atoms with Gasteiger partial charge in [-0.3, -0.25) is 14.2 Å². The van der Waals surface area contributed by atoms with Crippen molar-refractivity contribution in [2.45, 2.75) is 56.3 Å². The summed E-state index contributed by atoms with van der Waals surface area (Å²) in [4.78, 5) is 29.1. The van der Waals surface area contributed by atoms with Crippen molar-refractivity contribution >= 4 is 11.6 Å². The van der Waals surface area contributed by atoms with Gasteiger partial charge in [-0.05, 0) is 48.9 Å². The molecule has 0 saturated carbocycles. The Morgan fingerprint density at radius 3 is 2.67 bits per heavy atom. The highest BCUT2D eigenvalue weighted by Crippen LogP contribution is 2.27. The van der Waals surface area contributed by atoms with Crippen LogP contribution >= 0.6 is 0 Å². The number of fused-ring (bicyclic) bond motifs is 1. The first-order valence-electron chi connectivity index (χ1n) is 11.5. The fourth-order valence-corrected chi connectivity index (χ4v) is 5.00. The third-order valence-corrected chi connectivity index (χ3v) is 6.71. The standard InChI is InChI=1S/C26H28N4O3/c31-24-14-15-27-23-13-12-22(30(23)24)26(33)29-19-8-6-17(7-9-19)16-20-10-11-21(28-20)25(32)18-4-2-1-3-5-18/h1-9,14-15,20-22,25,28,32H,10-13,16H2,(H,29,33)/t20-,21-,22-,25+/m1/s1. The summed E-state index contributed by atoms with van der Waals surface area (Å²) in [5.74, 6) is 0.476. The van der Waals surface area contributed by atoms with Crippen LogP contribution in [0, 0.1) is 0 Å². The number of aryl methyl sites for hydroxylation is 1. The van der Waals surface area contributed by atoms with E-state index in [1.807, 2.05) is 54.6 Å². The number of benzene rings is 2. The molecule has 0 aliphatic carbocycles. The maximum absolute atomic E-state index is 12.8. The van der Waals surface area contributed by atoms with Crippen LogP contribution in [0.3, 0.4) is 0 Å². The average Bonchev–Trinajstić information content (AvgIpc) is 3.49.